The zero-order valence-corrected chi connectivity index (χ0v) is 14.0. The summed E-state index contributed by atoms with van der Waals surface area (Å²) in [6.07, 6.45) is 9.81. The lowest BCUT2D eigenvalue weighted by Crippen LogP contribution is -2.34. The van der Waals surface area contributed by atoms with Crippen LogP contribution in [0.4, 0.5) is 0 Å². The van der Waals surface area contributed by atoms with Gasteiger partial charge in [-0.2, -0.15) is 0 Å². The summed E-state index contributed by atoms with van der Waals surface area (Å²) in [7, 11) is 0. The summed E-state index contributed by atoms with van der Waals surface area (Å²) >= 11 is 0. The highest BCUT2D eigenvalue weighted by Crippen LogP contribution is 2.26. The van der Waals surface area contributed by atoms with Crippen LogP contribution < -0.4 is 0 Å². The molecule has 0 spiro atoms. The van der Waals surface area contributed by atoms with Crippen LogP contribution in [0.3, 0.4) is 0 Å². The quantitative estimate of drug-likeness (QED) is 0.867. The van der Waals surface area contributed by atoms with Crippen LogP contribution in [0.2, 0.25) is 0 Å². The average Bonchev–Trinajstić information content (AvgIpc) is 2.86. The molecular formula is C19H24N4O. The Labute approximate surface area is 143 Å². The van der Waals surface area contributed by atoms with E-state index in [2.05, 4.69) is 19.9 Å². The van der Waals surface area contributed by atoms with E-state index in [1.807, 2.05) is 24.5 Å². The predicted molar refractivity (Wildman–Crippen MR) is 92.7 cm³/mol. The van der Waals surface area contributed by atoms with E-state index in [1.54, 1.807) is 6.33 Å². The van der Waals surface area contributed by atoms with Crippen LogP contribution in [-0.4, -0.2) is 52.7 Å². The molecule has 0 bridgehead atoms. The number of aromatic nitrogens is 3. The van der Waals surface area contributed by atoms with Gasteiger partial charge in [0.2, 0.25) is 0 Å². The molecule has 2 aliphatic rings. The average molecular weight is 324 g/mol. The summed E-state index contributed by atoms with van der Waals surface area (Å²) in [6.45, 7) is 5.23. The molecule has 2 aromatic heterocycles. The normalized spacial score (nSPS) is 19.7. The highest BCUT2D eigenvalue weighted by Gasteiger charge is 2.22. The molecule has 4 heterocycles. The molecule has 0 aromatic carbocycles. The van der Waals surface area contributed by atoms with Gasteiger partial charge in [0.1, 0.15) is 6.33 Å². The van der Waals surface area contributed by atoms with Crippen molar-refractivity contribution in [2.45, 2.75) is 25.7 Å². The van der Waals surface area contributed by atoms with Gasteiger partial charge in [-0.05, 0) is 37.3 Å². The van der Waals surface area contributed by atoms with Crippen molar-refractivity contribution in [3.63, 3.8) is 0 Å². The number of hydrogen-bond donors (Lipinski definition) is 0. The highest BCUT2D eigenvalue weighted by molar-refractivity contribution is 5.63. The third kappa shape index (κ3) is 3.47. The molecule has 5 nitrogen and oxygen atoms in total. The number of nitrogens with zero attached hydrogens (tertiary/aromatic N) is 4. The second-order valence-electron chi connectivity index (χ2n) is 6.74. The van der Waals surface area contributed by atoms with Crippen LogP contribution >= 0.6 is 0 Å². The van der Waals surface area contributed by atoms with Crippen molar-refractivity contribution in [1.82, 2.24) is 19.9 Å². The van der Waals surface area contributed by atoms with Gasteiger partial charge >= 0.3 is 0 Å². The zero-order valence-electron chi connectivity index (χ0n) is 14.0. The van der Waals surface area contributed by atoms with Gasteiger partial charge in [-0.15, -0.1) is 0 Å². The summed E-state index contributed by atoms with van der Waals surface area (Å²) in [5.74, 6) is 0.783. The van der Waals surface area contributed by atoms with Gasteiger partial charge in [-0.3, -0.25) is 4.98 Å². The van der Waals surface area contributed by atoms with Gasteiger partial charge in [-0.25, -0.2) is 9.97 Å². The Morgan fingerprint density at radius 3 is 2.67 bits per heavy atom. The SMILES string of the molecule is c1cc(-c2ncnc3c2CCN(CC2CCOCC2)CC3)ccn1. The van der Waals surface area contributed by atoms with Crippen LogP contribution in [0.1, 0.15) is 24.1 Å². The van der Waals surface area contributed by atoms with Gasteiger partial charge in [0.05, 0.1) is 5.69 Å². The maximum absolute atomic E-state index is 5.49. The van der Waals surface area contributed by atoms with Crippen molar-refractivity contribution in [1.29, 1.82) is 0 Å². The molecule has 0 aliphatic carbocycles. The van der Waals surface area contributed by atoms with Crippen molar-refractivity contribution >= 4 is 0 Å². The second-order valence-corrected chi connectivity index (χ2v) is 6.74. The van der Waals surface area contributed by atoms with E-state index in [-0.39, 0.29) is 0 Å². The Hall–Kier alpha value is -1.85. The van der Waals surface area contributed by atoms with Crippen LogP contribution in [0.15, 0.2) is 30.9 Å². The molecule has 0 amide bonds. The first kappa shape index (κ1) is 15.7. The van der Waals surface area contributed by atoms with E-state index in [4.69, 9.17) is 4.74 Å². The third-order valence-corrected chi connectivity index (χ3v) is 5.19. The van der Waals surface area contributed by atoms with E-state index in [0.717, 1.165) is 56.3 Å². The van der Waals surface area contributed by atoms with Crippen molar-refractivity contribution in [2.75, 3.05) is 32.8 Å². The van der Waals surface area contributed by atoms with Crippen molar-refractivity contribution in [3.05, 3.63) is 42.1 Å². The summed E-state index contributed by atoms with van der Waals surface area (Å²) < 4.78 is 5.49. The minimum absolute atomic E-state index is 0.783. The third-order valence-electron chi connectivity index (χ3n) is 5.19. The van der Waals surface area contributed by atoms with Gasteiger partial charge < -0.3 is 9.64 Å². The first-order chi connectivity index (χ1) is 11.9. The molecule has 126 valence electrons. The van der Waals surface area contributed by atoms with Gasteiger partial charge in [0, 0.05) is 68.5 Å². The van der Waals surface area contributed by atoms with Gasteiger partial charge in [-0.1, -0.05) is 0 Å². The van der Waals surface area contributed by atoms with E-state index >= 15 is 0 Å². The molecule has 5 heteroatoms. The van der Waals surface area contributed by atoms with E-state index in [0.29, 0.717) is 0 Å². The number of hydrogen-bond acceptors (Lipinski definition) is 5. The largest absolute Gasteiger partial charge is 0.381 e. The fraction of sp³-hybridized carbons (Fsp3) is 0.526. The zero-order chi connectivity index (χ0) is 16.2. The fourth-order valence-corrected chi connectivity index (χ4v) is 3.81. The molecule has 4 rings (SSSR count). The second kappa shape index (κ2) is 7.36. The lowest BCUT2D eigenvalue weighted by Gasteiger charge is -2.28. The topological polar surface area (TPSA) is 51.1 Å². The molecule has 24 heavy (non-hydrogen) atoms. The number of rotatable bonds is 3. The summed E-state index contributed by atoms with van der Waals surface area (Å²) in [5.41, 5.74) is 4.75. The molecule has 0 unspecified atom stereocenters. The monoisotopic (exact) mass is 324 g/mol. The number of ether oxygens (including phenoxy) is 1. The minimum Gasteiger partial charge on any atom is -0.381 e. The van der Waals surface area contributed by atoms with Crippen LogP contribution in [0.25, 0.3) is 11.3 Å². The maximum Gasteiger partial charge on any atom is 0.116 e. The van der Waals surface area contributed by atoms with Crippen molar-refractivity contribution in [2.24, 2.45) is 5.92 Å². The van der Waals surface area contributed by atoms with Crippen LogP contribution in [0, 0.1) is 5.92 Å². The van der Waals surface area contributed by atoms with Gasteiger partial charge in [0.25, 0.3) is 0 Å². The Morgan fingerprint density at radius 2 is 1.83 bits per heavy atom. The molecule has 1 fully saturated rings. The Morgan fingerprint density at radius 1 is 1.04 bits per heavy atom. The molecule has 2 aliphatic heterocycles. The summed E-state index contributed by atoms with van der Waals surface area (Å²) in [4.78, 5) is 15.9. The first-order valence-electron chi connectivity index (χ1n) is 8.93. The maximum atomic E-state index is 5.49. The van der Waals surface area contributed by atoms with Crippen molar-refractivity contribution < 1.29 is 4.74 Å². The Bertz CT molecular complexity index is 670. The Balaban J connectivity index is 1.50. The van der Waals surface area contributed by atoms with Crippen molar-refractivity contribution in [3.8, 4) is 11.3 Å². The van der Waals surface area contributed by atoms with Crippen LogP contribution in [0.5, 0.6) is 0 Å². The highest BCUT2D eigenvalue weighted by atomic mass is 16.5. The predicted octanol–water partition coefficient (Wildman–Crippen LogP) is 2.37. The summed E-state index contributed by atoms with van der Waals surface area (Å²) in [6, 6.07) is 4.07. The minimum atomic E-state index is 0.783. The van der Waals surface area contributed by atoms with Crippen LogP contribution in [-0.2, 0) is 17.6 Å². The lowest BCUT2D eigenvalue weighted by atomic mass is 9.99. The fourth-order valence-electron chi connectivity index (χ4n) is 3.81. The molecular weight excluding hydrogens is 300 g/mol. The standard InChI is InChI=1S/C19H24N4O/c1-7-20-8-2-16(1)19-17-3-9-23(10-4-18(17)21-14-22-19)13-15-5-11-24-12-6-15/h1-2,7-8,14-15H,3-6,9-13H2. The molecule has 0 saturated carbocycles. The number of pyridine rings is 1. The Kier molecular flexibility index (Phi) is 4.81. The van der Waals surface area contributed by atoms with E-state index < -0.39 is 0 Å². The first-order valence-corrected chi connectivity index (χ1v) is 8.93. The lowest BCUT2D eigenvalue weighted by molar-refractivity contribution is 0.0530. The smallest absolute Gasteiger partial charge is 0.116 e. The van der Waals surface area contributed by atoms with Gasteiger partial charge in [0.15, 0.2) is 0 Å². The molecule has 0 atom stereocenters. The van der Waals surface area contributed by atoms with E-state index in [1.165, 1.54) is 30.6 Å². The molecule has 1 saturated heterocycles. The molecule has 0 radical (unpaired) electrons. The molecule has 2 aromatic rings. The summed E-state index contributed by atoms with van der Waals surface area (Å²) in [5, 5.41) is 0. The molecule has 0 N–H and O–H groups in total. The number of fused-ring (bicyclic) bond motifs is 1. The van der Waals surface area contributed by atoms with E-state index in [9.17, 15) is 0 Å².